The van der Waals surface area contributed by atoms with E-state index in [9.17, 15) is 4.79 Å². The summed E-state index contributed by atoms with van der Waals surface area (Å²) in [5, 5.41) is 3.28. The molecule has 1 N–H and O–H groups in total. The molecule has 3 aromatic rings. The van der Waals surface area contributed by atoms with E-state index in [0.29, 0.717) is 33.1 Å². The summed E-state index contributed by atoms with van der Waals surface area (Å²) in [6, 6.07) is 10.0. The van der Waals surface area contributed by atoms with Crippen LogP contribution in [-0.4, -0.2) is 18.0 Å². The van der Waals surface area contributed by atoms with Crippen LogP contribution in [0.5, 0.6) is 5.75 Å². The van der Waals surface area contributed by atoms with Crippen molar-refractivity contribution >= 4 is 34.3 Å². The van der Waals surface area contributed by atoms with Gasteiger partial charge < -0.3 is 14.5 Å². The van der Waals surface area contributed by atoms with Crippen LogP contribution in [0.25, 0.3) is 11.1 Å². The number of ether oxygens (including phenoxy) is 1. The second kappa shape index (κ2) is 5.46. The van der Waals surface area contributed by atoms with E-state index in [1.807, 2.05) is 0 Å². The molecule has 0 saturated carbocycles. The van der Waals surface area contributed by atoms with Crippen LogP contribution in [0.1, 0.15) is 10.4 Å². The molecule has 0 radical (unpaired) electrons. The Hall–Kier alpha value is -2.53. The summed E-state index contributed by atoms with van der Waals surface area (Å²) < 4.78 is 10.4. The van der Waals surface area contributed by atoms with Crippen LogP contribution in [0, 0.1) is 0 Å². The van der Waals surface area contributed by atoms with Crippen molar-refractivity contribution in [2.75, 3.05) is 12.4 Å². The number of halogens is 1. The van der Waals surface area contributed by atoms with Crippen molar-refractivity contribution in [3.63, 3.8) is 0 Å². The number of carbonyl (C=O) groups is 1. The maximum atomic E-state index is 12.3. The molecule has 0 saturated heterocycles. The quantitative estimate of drug-likeness (QED) is 0.800. The molecule has 106 valence electrons. The summed E-state index contributed by atoms with van der Waals surface area (Å²) >= 11 is 5.94. The monoisotopic (exact) mass is 302 g/mol. The Balaban J connectivity index is 1.90. The Bertz CT molecular complexity index is 814. The van der Waals surface area contributed by atoms with Crippen molar-refractivity contribution in [3.05, 3.63) is 53.4 Å². The molecule has 6 heteroatoms. The molecule has 0 unspecified atom stereocenters. The molecule has 0 bridgehead atoms. The average molecular weight is 303 g/mol. The summed E-state index contributed by atoms with van der Waals surface area (Å²) in [5.74, 6) is 0.252. The van der Waals surface area contributed by atoms with Crippen LogP contribution in [0.4, 0.5) is 5.69 Å². The van der Waals surface area contributed by atoms with Crippen molar-refractivity contribution in [3.8, 4) is 5.75 Å². The Labute approximate surface area is 125 Å². The SMILES string of the molecule is COc1ccc(Cl)cc1NC(=O)c1ccc2ncoc2c1. The highest BCUT2D eigenvalue weighted by Gasteiger charge is 2.12. The van der Waals surface area contributed by atoms with Crippen molar-refractivity contribution < 1.29 is 13.9 Å². The minimum absolute atomic E-state index is 0.283. The highest BCUT2D eigenvalue weighted by atomic mass is 35.5. The highest BCUT2D eigenvalue weighted by molar-refractivity contribution is 6.31. The van der Waals surface area contributed by atoms with Gasteiger partial charge >= 0.3 is 0 Å². The van der Waals surface area contributed by atoms with Gasteiger partial charge in [0.2, 0.25) is 0 Å². The molecule has 5 nitrogen and oxygen atoms in total. The van der Waals surface area contributed by atoms with E-state index in [4.69, 9.17) is 20.8 Å². The lowest BCUT2D eigenvalue weighted by molar-refractivity contribution is 0.102. The number of hydrogen-bond acceptors (Lipinski definition) is 4. The first-order valence-electron chi connectivity index (χ1n) is 6.15. The third kappa shape index (κ3) is 2.68. The standard InChI is InChI=1S/C15H11ClN2O3/c1-20-13-5-3-10(16)7-12(13)18-15(19)9-2-4-11-14(6-9)21-8-17-11/h2-8H,1H3,(H,18,19). The fraction of sp³-hybridized carbons (Fsp3) is 0.0667. The Kier molecular flexibility index (Phi) is 3.50. The lowest BCUT2D eigenvalue weighted by Crippen LogP contribution is -2.12. The van der Waals surface area contributed by atoms with Crippen LogP contribution in [0.3, 0.4) is 0 Å². The summed E-state index contributed by atoms with van der Waals surface area (Å²) in [5.41, 5.74) is 2.22. The molecule has 1 heterocycles. The first-order chi connectivity index (χ1) is 10.2. The van der Waals surface area contributed by atoms with Gasteiger partial charge in [0.05, 0.1) is 12.8 Å². The topological polar surface area (TPSA) is 64.4 Å². The number of hydrogen-bond donors (Lipinski definition) is 1. The Morgan fingerprint density at radius 3 is 2.95 bits per heavy atom. The number of aromatic nitrogens is 1. The van der Waals surface area contributed by atoms with E-state index in [-0.39, 0.29) is 5.91 Å². The lowest BCUT2D eigenvalue weighted by atomic mass is 10.2. The molecule has 0 fully saturated rings. The number of nitrogens with one attached hydrogen (secondary N) is 1. The highest BCUT2D eigenvalue weighted by Crippen LogP contribution is 2.28. The molecule has 0 aliphatic carbocycles. The zero-order valence-corrected chi connectivity index (χ0v) is 11.8. The molecule has 0 atom stereocenters. The third-order valence-electron chi connectivity index (χ3n) is 3.00. The normalized spacial score (nSPS) is 10.6. The molecule has 0 spiro atoms. The zero-order valence-electron chi connectivity index (χ0n) is 11.1. The fourth-order valence-corrected chi connectivity index (χ4v) is 2.14. The first kappa shape index (κ1) is 13.5. The van der Waals surface area contributed by atoms with Gasteiger partial charge in [-0.15, -0.1) is 0 Å². The molecule has 21 heavy (non-hydrogen) atoms. The van der Waals surface area contributed by atoms with Crippen LogP contribution in [0.2, 0.25) is 5.02 Å². The van der Waals surface area contributed by atoms with E-state index in [1.165, 1.54) is 13.5 Å². The predicted molar refractivity (Wildman–Crippen MR) is 80.0 cm³/mol. The van der Waals surface area contributed by atoms with Crippen molar-refractivity contribution in [1.29, 1.82) is 0 Å². The van der Waals surface area contributed by atoms with E-state index >= 15 is 0 Å². The molecular formula is C15H11ClN2O3. The van der Waals surface area contributed by atoms with Gasteiger partial charge in [-0.1, -0.05) is 11.6 Å². The lowest BCUT2D eigenvalue weighted by Gasteiger charge is -2.10. The van der Waals surface area contributed by atoms with E-state index in [2.05, 4.69) is 10.3 Å². The maximum absolute atomic E-state index is 12.3. The second-order valence-corrected chi connectivity index (χ2v) is 4.77. The van der Waals surface area contributed by atoms with Crippen molar-refractivity contribution in [2.24, 2.45) is 0 Å². The van der Waals surface area contributed by atoms with E-state index < -0.39 is 0 Å². The number of benzene rings is 2. The fourth-order valence-electron chi connectivity index (χ4n) is 1.97. The molecule has 1 amide bonds. The number of rotatable bonds is 3. The summed E-state index contributed by atoms with van der Waals surface area (Å²) in [6.45, 7) is 0. The summed E-state index contributed by atoms with van der Waals surface area (Å²) in [4.78, 5) is 16.3. The number of fused-ring (bicyclic) bond motifs is 1. The predicted octanol–water partition coefficient (Wildman–Crippen LogP) is 3.74. The van der Waals surface area contributed by atoms with Crippen molar-refractivity contribution in [2.45, 2.75) is 0 Å². The smallest absolute Gasteiger partial charge is 0.255 e. The number of methoxy groups -OCH3 is 1. The second-order valence-electron chi connectivity index (χ2n) is 4.33. The largest absolute Gasteiger partial charge is 0.495 e. The van der Waals surface area contributed by atoms with E-state index in [1.54, 1.807) is 36.4 Å². The van der Waals surface area contributed by atoms with Crippen molar-refractivity contribution in [1.82, 2.24) is 4.98 Å². The molecule has 0 aliphatic heterocycles. The molecular weight excluding hydrogens is 292 g/mol. The minimum atomic E-state index is -0.283. The maximum Gasteiger partial charge on any atom is 0.255 e. The van der Waals surface area contributed by atoms with Gasteiger partial charge in [0, 0.05) is 10.6 Å². The van der Waals surface area contributed by atoms with Crippen LogP contribution < -0.4 is 10.1 Å². The Morgan fingerprint density at radius 2 is 2.14 bits per heavy atom. The summed E-state index contributed by atoms with van der Waals surface area (Å²) in [7, 11) is 1.53. The molecule has 0 aliphatic rings. The zero-order chi connectivity index (χ0) is 14.8. The van der Waals surface area contributed by atoms with Crippen LogP contribution in [0.15, 0.2) is 47.2 Å². The number of nitrogens with zero attached hydrogens (tertiary/aromatic N) is 1. The average Bonchev–Trinajstić information content (AvgIpc) is 2.94. The van der Waals surface area contributed by atoms with Gasteiger partial charge in [-0.3, -0.25) is 4.79 Å². The van der Waals surface area contributed by atoms with Gasteiger partial charge in [0.15, 0.2) is 12.0 Å². The van der Waals surface area contributed by atoms with Gasteiger partial charge in [-0.25, -0.2) is 4.98 Å². The van der Waals surface area contributed by atoms with Crippen LogP contribution in [-0.2, 0) is 0 Å². The first-order valence-corrected chi connectivity index (χ1v) is 6.53. The van der Waals surface area contributed by atoms with Gasteiger partial charge in [0.1, 0.15) is 11.3 Å². The van der Waals surface area contributed by atoms with Gasteiger partial charge in [-0.2, -0.15) is 0 Å². The molecule has 3 rings (SSSR count). The third-order valence-corrected chi connectivity index (χ3v) is 3.24. The molecule has 1 aromatic heterocycles. The number of oxazole rings is 1. The number of anilines is 1. The Morgan fingerprint density at radius 1 is 1.29 bits per heavy atom. The number of amides is 1. The van der Waals surface area contributed by atoms with E-state index in [0.717, 1.165) is 0 Å². The number of carbonyl (C=O) groups excluding carboxylic acids is 1. The van der Waals surface area contributed by atoms with Gasteiger partial charge in [-0.05, 0) is 36.4 Å². The summed E-state index contributed by atoms with van der Waals surface area (Å²) in [6.07, 6.45) is 1.34. The minimum Gasteiger partial charge on any atom is -0.495 e. The van der Waals surface area contributed by atoms with Crippen LogP contribution >= 0.6 is 11.6 Å². The van der Waals surface area contributed by atoms with Gasteiger partial charge in [0.25, 0.3) is 5.91 Å². The molecule has 2 aromatic carbocycles.